The Morgan fingerprint density at radius 2 is 1.97 bits per heavy atom. The van der Waals surface area contributed by atoms with Crippen molar-refractivity contribution >= 4 is 40.5 Å². The van der Waals surface area contributed by atoms with Crippen LogP contribution in [0.3, 0.4) is 0 Å². The zero-order chi connectivity index (χ0) is 24.1. The summed E-state index contributed by atoms with van der Waals surface area (Å²) < 4.78 is 13.1. The molecule has 0 unspecified atom stereocenters. The van der Waals surface area contributed by atoms with E-state index >= 15 is 0 Å². The number of benzene rings is 1. The molecule has 34 heavy (non-hydrogen) atoms. The Bertz CT molecular complexity index is 1200. The van der Waals surface area contributed by atoms with Crippen molar-refractivity contribution in [2.45, 2.75) is 60.5 Å². The number of thiazole rings is 1. The van der Waals surface area contributed by atoms with Crippen LogP contribution < -0.4 is 16.0 Å². The molecule has 7 nitrogen and oxygen atoms in total. The van der Waals surface area contributed by atoms with Crippen LogP contribution in [-0.2, 0) is 17.8 Å². The summed E-state index contributed by atoms with van der Waals surface area (Å²) in [6.45, 7) is 11.5. The van der Waals surface area contributed by atoms with Gasteiger partial charge in [-0.1, -0.05) is 33.3 Å². The third-order valence-corrected chi connectivity index (χ3v) is 6.50. The Hall–Kier alpha value is -2.42. The molecule has 0 radical (unpaired) electrons. The first-order valence-corrected chi connectivity index (χ1v) is 12.3. The van der Waals surface area contributed by atoms with Gasteiger partial charge in [0, 0.05) is 24.0 Å². The molecule has 0 aliphatic heterocycles. The van der Waals surface area contributed by atoms with Crippen LogP contribution in [0.2, 0.25) is 0 Å². The third kappa shape index (κ3) is 5.79. The molecule has 2 aromatic heterocycles. The van der Waals surface area contributed by atoms with Gasteiger partial charge in [-0.3, -0.25) is 4.79 Å². The molecule has 1 aromatic carbocycles. The van der Waals surface area contributed by atoms with Crippen molar-refractivity contribution in [3.63, 3.8) is 0 Å². The molecule has 0 fully saturated rings. The number of fused-ring (bicyclic) bond motifs is 1. The van der Waals surface area contributed by atoms with Crippen molar-refractivity contribution in [1.29, 1.82) is 0 Å². The van der Waals surface area contributed by atoms with Crippen molar-refractivity contribution in [1.82, 2.24) is 9.55 Å². The number of ether oxygens (including phenoxy) is 2. The highest BCUT2D eigenvalue weighted by Gasteiger charge is 2.21. The van der Waals surface area contributed by atoms with Gasteiger partial charge in [0.2, 0.25) is 0 Å². The van der Waals surface area contributed by atoms with Gasteiger partial charge >= 0.3 is 5.97 Å². The van der Waals surface area contributed by atoms with Gasteiger partial charge in [0.15, 0.2) is 0 Å². The summed E-state index contributed by atoms with van der Waals surface area (Å²) >= 11 is 1.29. The second-order valence-electron chi connectivity index (χ2n) is 8.41. The van der Waals surface area contributed by atoms with Crippen LogP contribution in [0.15, 0.2) is 23.0 Å². The smallest absolute Gasteiger partial charge is 0.350 e. The van der Waals surface area contributed by atoms with Crippen LogP contribution in [0.4, 0.5) is 0 Å². The third-order valence-electron chi connectivity index (χ3n) is 5.32. The first-order valence-electron chi connectivity index (χ1n) is 11.5. The van der Waals surface area contributed by atoms with Gasteiger partial charge in [-0.15, -0.1) is 23.7 Å². The number of hydrogen-bond acceptors (Lipinski definition) is 7. The zero-order valence-corrected chi connectivity index (χ0v) is 22.1. The second kappa shape index (κ2) is 12.3. The lowest BCUT2D eigenvalue weighted by Crippen LogP contribution is -2.28. The Labute approximate surface area is 210 Å². The van der Waals surface area contributed by atoms with Gasteiger partial charge in [-0.25, -0.2) is 9.78 Å². The first-order chi connectivity index (χ1) is 15.8. The number of carbonyl (C=O) groups excluding carboxylic acids is 1. The van der Waals surface area contributed by atoms with Gasteiger partial charge in [0.1, 0.15) is 15.6 Å². The van der Waals surface area contributed by atoms with Gasteiger partial charge in [-0.05, 0) is 38.3 Å². The van der Waals surface area contributed by atoms with E-state index in [1.165, 1.54) is 11.3 Å². The number of nitrogens with two attached hydrogens (primary N) is 1. The maximum atomic E-state index is 13.4. The summed E-state index contributed by atoms with van der Waals surface area (Å²) in [6, 6.07) is 5.61. The fraction of sp³-hybridized carbons (Fsp3) is 0.480. The minimum atomic E-state index is -0.370. The molecular formula is C25H34ClN3O4S. The predicted molar refractivity (Wildman–Crippen MR) is 140 cm³/mol. The van der Waals surface area contributed by atoms with Crippen LogP contribution in [0, 0.1) is 12.8 Å². The fourth-order valence-corrected chi connectivity index (χ4v) is 4.70. The van der Waals surface area contributed by atoms with Crippen molar-refractivity contribution in [2.24, 2.45) is 11.7 Å². The predicted octanol–water partition coefficient (Wildman–Crippen LogP) is 5.33. The van der Waals surface area contributed by atoms with Gasteiger partial charge in [0.05, 0.1) is 30.0 Å². The van der Waals surface area contributed by atoms with Crippen molar-refractivity contribution < 1.29 is 14.3 Å². The second-order valence-corrected chi connectivity index (χ2v) is 9.41. The molecule has 0 bridgehead atoms. The van der Waals surface area contributed by atoms with Crippen LogP contribution in [0.5, 0.6) is 5.75 Å². The molecule has 0 atom stereocenters. The van der Waals surface area contributed by atoms with Gasteiger partial charge < -0.3 is 19.8 Å². The normalized spacial score (nSPS) is 11.0. The largest absolute Gasteiger partial charge is 0.491 e. The zero-order valence-electron chi connectivity index (χ0n) is 20.5. The summed E-state index contributed by atoms with van der Waals surface area (Å²) in [7, 11) is 0. The average Bonchev–Trinajstić information content (AvgIpc) is 3.18. The molecular weight excluding hydrogens is 474 g/mol. The summed E-state index contributed by atoms with van der Waals surface area (Å²) in [6.07, 6.45) is 1.91. The van der Waals surface area contributed by atoms with E-state index in [1.807, 2.05) is 18.2 Å². The Balaban J connectivity index is 0.00000408. The maximum Gasteiger partial charge on any atom is 0.350 e. The summed E-state index contributed by atoms with van der Waals surface area (Å²) in [5.74, 6) is 0.569. The molecule has 9 heteroatoms. The van der Waals surface area contributed by atoms with E-state index in [-0.39, 0.29) is 36.4 Å². The van der Waals surface area contributed by atoms with E-state index in [0.717, 1.165) is 23.8 Å². The number of pyridine rings is 1. The number of carbonyl (C=O) groups is 1. The minimum absolute atomic E-state index is 0. The minimum Gasteiger partial charge on any atom is -0.491 e. The van der Waals surface area contributed by atoms with E-state index in [0.29, 0.717) is 52.2 Å². The molecule has 3 rings (SSSR count). The topological polar surface area (TPSA) is 96.4 Å². The lowest BCUT2D eigenvalue weighted by molar-refractivity contribution is 0.0531. The molecule has 0 saturated carbocycles. The molecule has 0 amide bonds. The summed E-state index contributed by atoms with van der Waals surface area (Å²) in [5.41, 5.74) is 8.20. The number of halogens is 1. The molecule has 0 spiro atoms. The Kier molecular flexibility index (Phi) is 10.1. The molecule has 3 aromatic rings. The molecule has 2 N–H and O–H groups in total. The highest BCUT2D eigenvalue weighted by molar-refractivity contribution is 7.17. The van der Waals surface area contributed by atoms with Crippen LogP contribution in [0.25, 0.3) is 21.3 Å². The fourth-order valence-electron chi connectivity index (χ4n) is 3.74. The Morgan fingerprint density at radius 3 is 2.59 bits per heavy atom. The van der Waals surface area contributed by atoms with E-state index in [4.69, 9.17) is 15.2 Å². The number of aryl methyl sites for hydroxylation is 1. The van der Waals surface area contributed by atoms with Crippen LogP contribution in [-0.4, -0.2) is 28.7 Å². The van der Waals surface area contributed by atoms with Gasteiger partial charge in [-0.2, -0.15) is 0 Å². The summed E-state index contributed by atoms with van der Waals surface area (Å²) in [4.78, 5) is 30.7. The van der Waals surface area contributed by atoms with E-state index < -0.39 is 0 Å². The quantitative estimate of drug-likeness (QED) is 0.294. The first kappa shape index (κ1) is 27.8. The molecule has 0 saturated heterocycles. The SMILES string of the molecule is CCCCOc1c(CN)n(CC(C)C)c(=O)c2ccc(-c3nc(C)c(C(=O)OCC)s3)cc12.Cl. The molecule has 186 valence electrons. The van der Waals surface area contributed by atoms with Crippen LogP contribution >= 0.6 is 23.7 Å². The molecule has 0 aliphatic carbocycles. The van der Waals surface area contributed by atoms with Crippen molar-refractivity contribution in [2.75, 3.05) is 13.2 Å². The van der Waals surface area contributed by atoms with E-state index in [9.17, 15) is 9.59 Å². The number of rotatable bonds is 10. The average molecular weight is 508 g/mol. The van der Waals surface area contributed by atoms with Crippen LogP contribution in [0.1, 0.15) is 61.6 Å². The maximum absolute atomic E-state index is 13.4. The summed E-state index contributed by atoms with van der Waals surface area (Å²) in [5, 5.41) is 2.00. The Morgan fingerprint density at radius 1 is 1.24 bits per heavy atom. The van der Waals surface area contributed by atoms with Crippen molar-refractivity contribution in [3.8, 4) is 16.3 Å². The van der Waals surface area contributed by atoms with E-state index in [2.05, 4.69) is 25.8 Å². The van der Waals surface area contributed by atoms with E-state index in [1.54, 1.807) is 18.4 Å². The van der Waals surface area contributed by atoms with Crippen molar-refractivity contribution in [3.05, 3.63) is 44.8 Å². The number of hydrogen-bond donors (Lipinski definition) is 1. The molecule has 2 heterocycles. The number of unbranched alkanes of at least 4 members (excludes halogenated alkanes) is 1. The van der Waals surface area contributed by atoms with Gasteiger partial charge in [0.25, 0.3) is 5.56 Å². The molecule has 0 aliphatic rings. The number of esters is 1. The number of nitrogens with zero attached hydrogens (tertiary/aromatic N) is 2. The lowest BCUT2D eigenvalue weighted by Gasteiger charge is -2.20. The number of aromatic nitrogens is 2. The highest BCUT2D eigenvalue weighted by Crippen LogP contribution is 2.34. The highest BCUT2D eigenvalue weighted by atomic mass is 35.5. The lowest BCUT2D eigenvalue weighted by atomic mass is 10.1. The monoisotopic (exact) mass is 507 g/mol. The standard InChI is InChI=1S/C25H33N3O4S.ClH/c1-6-8-11-32-21-19-12-17(23-27-16(5)22(33-23)25(30)31-7-2)9-10-18(19)24(29)28(14-15(3)4)20(21)13-26;/h9-10,12,15H,6-8,11,13-14,26H2,1-5H3;1H.